The molecule has 1 fully saturated rings. The Balaban J connectivity index is 1.31. The molecule has 0 bridgehead atoms. The average molecular weight is 438 g/mol. The molecule has 0 radical (unpaired) electrons. The number of benzene rings is 1. The summed E-state index contributed by atoms with van der Waals surface area (Å²) in [4.78, 5) is 23.2. The van der Waals surface area contributed by atoms with Crippen molar-refractivity contribution < 1.29 is 18.3 Å². The van der Waals surface area contributed by atoms with E-state index >= 15 is 0 Å². The van der Waals surface area contributed by atoms with Gasteiger partial charge in [0, 0.05) is 37.0 Å². The number of nitrogens with one attached hydrogen (secondary N) is 1. The molecule has 6 nitrogen and oxygen atoms in total. The van der Waals surface area contributed by atoms with Gasteiger partial charge in [-0.25, -0.2) is 18.7 Å². The first-order valence-electron chi connectivity index (χ1n) is 10.5. The Bertz CT molecular complexity index is 1100. The van der Waals surface area contributed by atoms with Crippen molar-refractivity contribution in [3.8, 4) is 5.75 Å². The lowest BCUT2D eigenvalue weighted by atomic mass is 9.93. The van der Waals surface area contributed by atoms with Crippen LogP contribution in [-0.4, -0.2) is 40.5 Å². The van der Waals surface area contributed by atoms with E-state index in [-0.39, 0.29) is 24.2 Å². The first-order chi connectivity index (χ1) is 15.5. The number of aromatic nitrogens is 2. The predicted octanol–water partition coefficient (Wildman–Crippen LogP) is 4.59. The number of rotatable bonds is 6. The Hall–Kier alpha value is -3.55. The molecule has 166 valence electrons. The zero-order valence-corrected chi connectivity index (χ0v) is 17.7. The highest BCUT2D eigenvalue weighted by Gasteiger charge is 2.25. The quantitative estimate of drug-likeness (QED) is 0.610. The zero-order chi connectivity index (χ0) is 22.5. The molecule has 0 spiro atoms. The average Bonchev–Trinajstić information content (AvgIpc) is 2.80. The molecule has 0 saturated carbocycles. The topological polar surface area (TPSA) is 67.4 Å². The van der Waals surface area contributed by atoms with Crippen molar-refractivity contribution >= 4 is 17.5 Å². The molecule has 1 aliphatic rings. The van der Waals surface area contributed by atoms with Gasteiger partial charge < -0.3 is 15.0 Å². The van der Waals surface area contributed by atoms with Gasteiger partial charge in [-0.1, -0.05) is 12.1 Å². The van der Waals surface area contributed by atoms with E-state index < -0.39 is 11.6 Å². The van der Waals surface area contributed by atoms with Crippen molar-refractivity contribution in [3.63, 3.8) is 0 Å². The van der Waals surface area contributed by atoms with Crippen LogP contribution in [0.2, 0.25) is 0 Å². The van der Waals surface area contributed by atoms with Crippen molar-refractivity contribution in [2.75, 3.05) is 25.0 Å². The van der Waals surface area contributed by atoms with Crippen LogP contribution in [0.25, 0.3) is 0 Å². The number of hydrogen-bond acceptors (Lipinski definition) is 5. The second kappa shape index (κ2) is 9.72. The van der Waals surface area contributed by atoms with Crippen LogP contribution in [0, 0.1) is 18.6 Å². The molecule has 4 rings (SSSR count). The smallest absolute Gasteiger partial charge is 0.260 e. The summed E-state index contributed by atoms with van der Waals surface area (Å²) in [5, 5.41) is 3.26. The van der Waals surface area contributed by atoms with Crippen molar-refractivity contribution in [2.24, 2.45) is 0 Å². The summed E-state index contributed by atoms with van der Waals surface area (Å²) in [5.41, 5.74) is 2.01. The number of halogens is 2. The molecule has 1 N–H and O–H groups in total. The number of carbonyl (C=O) groups is 1. The van der Waals surface area contributed by atoms with Crippen LogP contribution >= 0.6 is 0 Å². The maximum atomic E-state index is 13.7. The van der Waals surface area contributed by atoms with E-state index in [1.165, 1.54) is 6.07 Å². The van der Waals surface area contributed by atoms with Gasteiger partial charge in [-0.15, -0.1) is 0 Å². The second-order valence-electron chi connectivity index (χ2n) is 7.76. The SMILES string of the molecule is Cc1cccnc1Nc1cccc(C2CCN(C(=O)COc3ccc(F)cc3F)CC2)n1. The number of anilines is 2. The molecular formula is C24H24F2N4O2. The van der Waals surface area contributed by atoms with E-state index in [0.717, 1.165) is 47.9 Å². The molecule has 32 heavy (non-hydrogen) atoms. The third kappa shape index (κ3) is 5.19. The minimum Gasteiger partial charge on any atom is -0.481 e. The lowest BCUT2D eigenvalue weighted by molar-refractivity contribution is -0.134. The van der Waals surface area contributed by atoms with Crippen LogP contribution in [0.4, 0.5) is 20.4 Å². The highest BCUT2D eigenvalue weighted by atomic mass is 19.1. The number of nitrogens with zero attached hydrogens (tertiary/aromatic N) is 3. The Morgan fingerprint density at radius 2 is 1.97 bits per heavy atom. The van der Waals surface area contributed by atoms with Gasteiger partial charge in [0.05, 0.1) is 0 Å². The van der Waals surface area contributed by atoms with Gasteiger partial charge in [-0.05, 0) is 55.7 Å². The standard InChI is InChI=1S/C24H24F2N4O2/c1-16-4-3-11-27-24(16)29-22-6-2-5-20(28-22)17-9-12-30(13-10-17)23(31)15-32-21-8-7-18(25)14-19(21)26/h2-8,11,14,17H,9-10,12-13,15H2,1H3,(H,27,28,29). The summed E-state index contributed by atoms with van der Waals surface area (Å²) < 4.78 is 31.9. The summed E-state index contributed by atoms with van der Waals surface area (Å²) in [7, 11) is 0. The lowest BCUT2D eigenvalue weighted by Gasteiger charge is -2.31. The maximum absolute atomic E-state index is 13.7. The minimum atomic E-state index is -0.822. The number of aryl methyl sites for hydroxylation is 1. The molecule has 3 aromatic rings. The zero-order valence-electron chi connectivity index (χ0n) is 17.7. The van der Waals surface area contributed by atoms with Gasteiger partial charge in [0.25, 0.3) is 5.91 Å². The van der Waals surface area contributed by atoms with Gasteiger partial charge in [-0.3, -0.25) is 4.79 Å². The van der Waals surface area contributed by atoms with Crippen molar-refractivity contribution in [2.45, 2.75) is 25.7 Å². The lowest BCUT2D eigenvalue weighted by Crippen LogP contribution is -2.40. The number of piperidine rings is 1. The third-order valence-corrected chi connectivity index (χ3v) is 5.54. The number of carbonyl (C=O) groups excluding carboxylic acids is 1. The Morgan fingerprint density at radius 3 is 2.72 bits per heavy atom. The highest BCUT2D eigenvalue weighted by molar-refractivity contribution is 5.77. The summed E-state index contributed by atoms with van der Waals surface area (Å²) >= 11 is 0. The maximum Gasteiger partial charge on any atom is 0.260 e. The number of ether oxygens (including phenoxy) is 1. The van der Waals surface area contributed by atoms with E-state index in [0.29, 0.717) is 13.1 Å². The molecule has 1 saturated heterocycles. The van der Waals surface area contributed by atoms with Gasteiger partial charge >= 0.3 is 0 Å². The first-order valence-corrected chi connectivity index (χ1v) is 10.5. The predicted molar refractivity (Wildman–Crippen MR) is 117 cm³/mol. The summed E-state index contributed by atoms with van der Waals surface area (Å²) in [6.45, 7) is 2.84. The summed E-state index contributed by atoms with van der Waals surface area (Å²) in [6, 6.07) is 12.8. The second-order valence-corrected chi connectivity index (χ2v) is 7.76. The molecule has 0 aliphatic carbocycles. The van der Waals surface area contributed by atoms with Crippen LogP contribution in [0.3, 0.4) is 0 Å². The van der Waals surface area contributed by atoms with Crippen LogP contribution in [0.5, 0.6) is 5.75 Å². The molecule has 0 unspecified atom stereocenters. The molecule has 3 heterocycles. The Labute approximate surface area is 185 Å². The number of likely N-dealkylation sites (tertiary alicyclic amines) is 1. The molecule has 2 aromatic heterocycles. The minimum absolute atomic E-state index is 0.133. The summed E-state index contributed by atoms with van der Waals surface area (Å²) in [5.74, 6) is -0.121. The highest BCUT2D eigenvalue weighted by Crippen LogP contribution is 2.28. The normalized spacial score (nSPS) is 14.3. The van der Waals surface area contributed by atoms with E-state index in [4.69, 9.17) is 9.72 Å². The number of pyridine rings is 2. The van der Waals surface area contributed by atoms with Crippen LogP contribution in [0.1, 0.15) is 30.0 Å². The largest absolute Gasteiger partial charge is 0.481 e. The van der Waals surface area contributed by atoms with Gasteiger partial charge in [-0.2, -0.15) is 0 Å². The van der Waals surface area contributed by atoms with E-state index in [2.05, 4.69) is 10.3 Å². The monoisotopic (exact) mass is 438 g/mol. The van der Waals surface area contributed by atoms with E-state index in [9.17, 15) is 13.6 Å². The van der Waals surface area contributed by atoms with Crippen LogP contribution < -0.4 is 10.1 Å². The van der Waals surface area contributed by atoms with Gasteiger partial charge in [0.2, 0.25) is 0 Å². The third-order valence-electron chi connectivity index (χ3n) is 5.54. The molecule has 8 heteroatoms. The van der Waals surface area contributed by atoms with Crippen LogP contribution in [-0.2, 0) is 4.79 Å². The molecule has 1 amide bonds. The molecular weight excluding hydrogens is 414 g/mol. The fourth-order valence-electron chi connectivity index (χ4n) is 3.73. The molecule has 1 aromatic carbocycles. The van der Waals surface area contributed by atoms with E-state index in [1.54, 1.807) is 11.1 Å². The summed E-state index contributed by atoms with van der Waals surface area (Å²) in [6.07, 6.45) is 3.28. The molecule has 0 atom stereocenters. The van der Waals surface area contributed by atoms with Crippen molar-refractivity contribution in [1.82, 2.24) is 14.9 Å². The molecule has 1 aliphatic heterocycles. The first kappa shape index (κ1) is 21.7. The number of amides is 1. The Kier molecular flexibility index (Phi) is 6.58. The van der Waals surface area contributed by atoms with E-state index in [1.807, 2.05) is 37.3 Å². The van der Waals surface area contributed by atoms with Gasteiger partial charge in [0.1, 0.15) is 17.5 Å². The van der Waals surface area contributed by atoms with Crippen molar-refractivity contribution in [3.05, 3.63) is 77.6 Å². The number of hydrogen-bond donors (Lipinski definition) is 1. The van der Waals surface area contributed by atoms with Gasteiger partial charge in [0.15, 0.2) is 18.2 Å². The fraction of sp³-hybridized carbons (Fsp3) is 0.292. The van der Waals surface area contributed by atoms with Crippen molar-refractivity contribution in [1.29, 1.82) is 0 Å². The van der Waals surface area contributed by atoms with Crippen LogP contribution in [0.15, 0.2) is 54.7 Å². The Morgan fingerprint density at radius 1 is 1.16 bits per heavy atom. The fourth-order valence-corrected chi connectivity index (χ4v) is 3.73.